The van der Waals surface area contributed by atoms with Crippen molar-refractivity contribution in [2.45, 2.75) is 64.5 Å². The van der Waals surface area contributed by atoms with Gasteiger partial charge in [-0.1, -0.05) is 37.5 Å². The van der Waals surface area contributed by atoms with Crippen LogP contribution in [0.1, 0.15) is 57.4 Å². The molecule has 2 fully saturated rings. The van der Waals surface area contributed by atoms with Crippen LogP contribution in [0.2, 0.25) is 0 Å². The van der Waals surface area contributed by atoms with Crippen LogP contribution in [0.5, 0.6) is 0 Å². The molecule has 116 valence electrons. The minimum absolute atomic E-state index is 0.602. The highest BCUT2D eigenvalue weighted by Crippen LogP contribution is 2.29. The van der Waals surface area contributed by atoms with Gasteiger partial charge in [0.15, 0.2) is 0 Å². The summed E-state index contributed by atoms with van der Waals surface area (Å²) in [6, 6.07) is 9.52. The Balaban J connectivity index is 1.63. The molecule has 2 nitrogen and oxygen atoms in total. The number of para-hydroxylation sites is 1. The van der Waals surface area contributed by atoms with E-state index in [2.05, 4.69) is 41.4 Å². The molecule has 1 aliphatic heterocycles. The van der Waals surface area contributed by atoms with Crippen LogP contribution in [0.25, 0.3) is 0 Å². The first-order valence-corrected chi connectivity index (χ1v) is 8.90. The Bertz CT molecular complexity index is 431. The van der Waals surface area contributed by atoms with E-state index in [-0.39, 0.29) is 0 Å². The molecule has 1 aromatic carbocycles. The van der Waals surface area contributed by atoms with Crippen molar-refractivity contribution in [2.24, 2.45) is 5.92 Å². The predicted molar refractivity (Wildman–Crippen MR) is 90.6 cm³/mol. The van der Waals surface area contributed by atoms with Gasteiger partial charge in [-0.05, 0) is 63.2 Å². The van der Waals surface area contributed by atoms with Crippen LogP contribution in [0.3, 0.4) is 0 Å². The molecule has 1 aliphatic carbocycles. The zero-order chi connectivity index (χ0) is 14.5. The third kappa shape index (κ3) is 4.00. The zero-order valence-electron chi connectivity index (χ0n) is 13.5. The fourth-order valence-corrected chi connectivity index (χ4v) is 3.98. The van der Waals surface area contributed by atoms with Crippen molar-refractivity contribution in [1.29, 1.82) is 0 Å². The van der Waals surface area contributed by atoms with Crippen molar-refractivity contribution >= 4 is 5.69 Å². The Morgan fingerprint density at radius 2 is 1.76 bits per heavy atom. The van der Waals surface area contributed by atoms with Crippen LogP contribution in [0.15, 0.2) is 24.3 Å². The van der Waals surface area contributed by atoms with E-state index in [4.69, 9.17) is 0 Å². The Labute approximate surface area is 129 Å². The molecule has 2 heteroatoms. The van der Waals surface area contributed by atoms with Crippen molar-refractivity contribution in [1.82, 2.24) is 4.90 Å². The second-order valence-electron chi connectivity index (χ2n) is 6.97. The lowest BCUT2D eigenvalue weighted by Gasteiger charge is -2.30. The van der Waals surface area contributed by atoms with E-state index in [9.17, 15) is 0 Å². The van der Waals surface area contributed by atoms with Gasteiger partial charge >= 0.3 is 0 Å². The Morgan fingerprint density at radius 3 is 2.52 bits per heavy atom. The Morgan fingerprint density at radius 1 is 1.05 bits per heavy atom. The molecule has 21 heavy (non-hydrogen) atoms. The van der Waals surface area contributed by atoms with Crippen molar-refractivity contribution in [3.63, 3.8) is 0 Å². The highest BCUT2D eigenvalue weighted by Gasteiger charge is 2.21. The van der Waals surface area contributed by atoms with Crippen LogP contribution < -0.4 is 5.32 Å². The molecule has 0 radical (unpaired) electrons. The number of benzene rings is 1. The fourth-order valence-electron chi connectivity index (χ4n) is 3.98. The maximum absolute atomic E-state index is 3.83. The lowest BCUT2D eigenvalue weighted by molar-refractivity contribution is 0.325. The molecule has 2 aliphatic rings. The Kier molecular flexibility index (Phi) is 5.18. The second-order valence-corrected chi connectivity index (χ2v) is 6.97. The summed E-state index contributed by atoms with van der Waals surface area (Å²) in [5.74, 6) is 0.860. The molecular formula is C19H30N2. The van der Waals surface area contributed by atoms with E-state index >= 15 is 0 Å². The summed E-state index contributed by atoms with van der Waals surface area (Å²) in [5, 5.41) is 3.83. The molecule has 1 aromatic rings. The fraction of sp³-hybridized carbons (Fsp3) is 0.684. The minimum atomic E-state index is 0.602. The smallest absolute Gasteiger partial charge is 0.0388 e. The third-order valence-electron chi connectivity index (χ3n) is 5.35. The van der Waals surface area contributed by atoms with Crippen molar-refractivity contribution in [2.75, 3.05) is 18.4 Å². The van der Waals surface area contributed by atoms with Crippen molar-refractivity contribution < 1.29 is 0 Å². The highest BCUT2D eigenvalue weighted by molar-refractivity contribution is 5.51. The van der Waals surface area contributed by atoms with E-state index in [0.717, 1.165) is 12.5 Å². The summed E-state index contributed by atoms with van der Waals surface area (Å²) in [4.78, 5) is 2.59. The first kappa shape index (κ1) is 14.9. The summed E-state index contributed by atoms with van der Waals surface area (Å²) < 4.78 is 0. The van der Waals surface area contributed by atoms with Gasteiger partial charge < -0.3 is 5.32 Å². The van der Waals surface area contributed by atoms with Gasteiger partial charge in [0.2, 0.25) is 0 Å². The molecule has 1 saturated carbocycles. The zero-order valence-corrected chi connectivity index (χ0v) is 13.5. The van der Waals surface area contributed by atoms with Gasteiger partial charge in [0.05, 0.1) is 0 Å². The number of nitrogens with zero attached hydrogens (tertiary/aromatic N) is 1. The lowest BCUT2D eigenvalue weighted by Crippen LogP contribution is -2.28. The molecule has 1 atom stereocenters. The molecule has 1 unspecified atom stereocenters. The number of hydrogen-bond donors (Lipinski definition) is 1. The number of anilines is 1. The van der Waals surface area contributed by atoms with E-state index in [1.54, 1.807) is 0 Å². The van der Waals surface area contributed by atoms with Crippen LogP contribution >= 0.6 is 0 Å². The van der Waals surface area contributed by atoms with Gasteiger partial charge in [-0.15, -0.1) is 0 Å². The maximum Gasteiger partial charge on any atom is 0.0388 e. The summed E-state index contributed by atoms with van der Waals surface area (Å²) in [5.41, 5.74) is 2.84. The van der Waals surface area contributed by atoms with Gasteiger partial charge in [0.1, 0.15) is 0 Å². The number of nitrogens with one attached hydrogen (secondary N) is 1. The predicted octanol–water partition coefficient (Wildman–Crippen LogP) is 4.66. The standard InChI is InChI=1S/C19H30N2/c1-16(17-9-3-2-4-10-17)20-19-12-6-5-11-18(19)15-21-13-7-8-14-21/h5-6,11-12,16-17,20H,2-4,7-10,13-15H2,1H3. The molecular weight excluding hydrogens is 256 g/mol. The average molecular weight is 286 g/mol. The quantitative estimate of drug-likeness (QED) is 0.846. The number of hydrogen-bond acceptors (Lipinski definition) is 2. The first-order valence-electron chi connectivity index (χ1n) is 8.90. The normalized spacial score (nSPS) is 22.3. The molecule has 0 spiro atoms. The summed E-state index contributed by atoms with van der Waals surface area (Å²) in [6.07, 6.45) is 9.83. The molecule has 0 bridgehead atoms. The number of likely N-dealkylation sites (tertiary alicyclic amines) is 1. The monoisotopic (exact) mass is 286 g/mol. The summed E-state index contributed by atoms with van der Waals surface area (Å²) in [6.45, 7) is 6.03. The van der Waals surface area contributed by atoms with Gasteiger partial charge in [-0.3, -0.25) is 4.90 Å². The maximum atomic E-state index is 3.83. The third-order valence-corrected chi connectivity index (χ3v) is 5.35. The first-order chi connectivity index (χ1) is 10.3. The van der Waals surface area contributed by atoms with Gasteiger partial charge in [0, 0.05) is 18.3 Å². The van der Waals surface area contributed by atoms with Crippen LogP contribution in [0, 0.1) is 5.92 Å². The van der Waals surface area contributed by atoms with Crippen LogP contribution in [-0.2, 0) is 6.54 Å². The average Bonchev–Trinajstić information content (AvgIpc) is 3.03. The van der Waals surface area contributed by atoms with Crippen LogP contribution in [-0.4, -0.2) is 24.0 Å². The van der Waals surface area contributed by atoms with Crippen LogP contribution in [0.4, 0.5) is 5.69 Å². The Hall–Kier alpha value is -1.02. The SMILES string of the molecule is CC(Nc1ccccc1CN1CCCC1)C1CCCCC1. The van der Waals surface area contributed by atoms with Gasteiger partial charge in [-0.2, -0.15) is 0 Å². The number of rotatable bonds is 5. The molecule has 1 N–H and O–H groups in total. The van der Waals surface area contributed by atoms with Crippen molar-refractivity contribution in [3.05, 3.63) is 29.8 Å². The molecule has 1 saturated heterocycles. The summed E-state index contributed by atoms with van der Waals surface area (Å²) >= 11 is 0. The van der Waals surface area contributed by atoms with E-state index in [1.807, 2.05) is 0 Å². The highest BCUT2D eigenvalue weighted by atomic mass is 15.1. The topological polar surface area (TPSA) is 15.3 Å². The molecule has 0 aromatic heterocycles. The van der Waals surface area contributed by atoms with E-state index < -0.39 is 0 Å². The van der Waals surface area contributed by atoms with E-state index in [0.29, 0.717) is 6.04 Å². The second kappa shape index (κ2) is 7.31. The minimum Gasteiger partial charge on any atom is -0.382 e. The van der Waals surface area contributed by atoms with E-state index in [1.165, 1.54) is 69.3 Å². The molecule has 1 heterocycles. The molecule has 0 amide bonds. The lowest BCUT2D eigenvalue weighted by atomic mass is 9.84. The van der Waals surface area contributed by atoms with Gasteiger partial charge in [0.25, 0.3) is 0 Å². The largest absolute Gasteiger partial charge is 0.382 e. The van der Waals surface area contributed by atoms with Crippen molar-refractivity contribution in [3.8, 4) is 0 Å². The molecule has 3 rings (SSSR count). The van der Waals surface area contributed by atoms with Gasteiger partial charge in [-0.25, -0.2) is 0 Å². The summed E-state index contributed by atoms with van der Waals surface area (Å²) in [7, 11) is 0.